The average Bonchev–Trinajstić information content (AvgIpc) is 2.76. The Kier molecular flexibility index (Phi) is 4.49. The molecule has 1 aliphatic heterocycles. The van der Waals surface area contributed by atoms with Gasteiger partial charge in [-0.2, -0.15) is 4.98 Å². The number of nitrogens with zero attached hydrogens (tertiary/aromatic N) is 3. The SMILES string of the molecule is CC(C)Cc1nc(CN2CCOC(C(=O)O)C2)no1. The van der Waals surface area contributed by atoms with Crippen molar-refractivity contribution < 1.29 is 19.2 Å². The summed E-state index contributed by atoms with van der Waals surface area (Å²) in [5.41, 5.74) is 0. The Morgan fingerprint density at radius 2 is 2.37 bits per heavy atom. The van der Waals surface area contributed by atoms with E-state index >= 15 is 0 Å². The summed E-state index contributed by atoms with van der Waals surface area (Å²) in [4.78, 5) is 17.1. The van der Waals surface area contributed by atoms with Crippen molar-refractivity contribution in [1.29, 1.82) is 0 Å². The van der Waals surface area contributed by atoms with Gasteiger partial charge >= 0.3 is 5.97 Å². The molecule has 1 atom stereocenters. The van der Waals surface area contributed by atoms with E-state index in [1.54, 1.807) is 0 Å². The van der Waals surface area contributed by atoms with Crippen LogP contribution in [0.1, 0.15) is 25.6 Å². The predicted octanol–water partition coefficient (Wildman–Crippen LogP) is 0.553. The molecule has 2 heterocycles. The van der Waals surface area contributed by atoms with Crippen LogP contribution in [0.4, 0.5) is 0 Å². The molecule has 1 fully saturated rings. The van der Waals surface area contributed by atoms with Crippen LogP contribution < -0.4 is 0 Å². The normalized spacial score (nSPS) is 20.9. The highest BCUT2D eigenvalue weighted by atomic mass is 16.5. The molecule has 19 heavy (non-hydrogen) atoms. The first-order valence-corrected chi connectivity index (χ1v) is 6.43. The van der Waals surface area contributed by atoms with Crippen LogP contribution in [0.5, 0.6) is 0 Å². The highest BCUT2D eigenvalue weighted by Crippen LogP contribution is 2.10. The van der Waals surface area contributed by atoms with E-state index in [9.17, 15) is 4.79 Å². The predicted molar refractivity (Wildman–Crippen MR) is 65.5 cm³/mol. The molecule has 0 amide bonds. The third-order valence-electron chi connectivity index (χ3n) is 2.88. The number of aliphatic carboxylic acids is 1. The second-order valence-electron chi connectivity index (χ2n) is 5.14. The van der Waals surface area contributed by atoms with Gasteiger partial charge in [-0.15, -0.1) is 0 Å². The van der Waals surface area contributed by atoms with Crippen LogP contribution in [0.15, 0.2) is 4.52 Å². The molecule has 2 rings (SSSR count). The molecule has 0 saturated carbocycles. The molecule has 0 aromatic carbocycles. The van der Waals surface area contributed by atoms with Gasteiger partial charge in [-0.05, 0) is 5.92 Å². The number of hydrogen-bond donors (Lipinski definition) is 1. The van der Waals surface area contributed by atoms with E-state index in [4.69, 9.17) is 14.4 Å². The number of hydrogen-bond acceptors (Lipinski definition) is 6. The van der Waals surface area contributed by atoms with E-state index in [0.29, 0.717) is 43.9 Å². The second-order valence-corrected chi connectivity index (χ2v) is 5.14. The minimum Gasteiger partial charge on any atom is -0.479 e. The van der Waals surface area contributed by atoms with Gasteiger partial charge in [-0.3, -0.25) is 4.90 Å². The summed E-state index contributed by atoms with van der Waals surface area (Å²) in [6.07, 6.45) is -0.00999. The monoisotopic (exact) mass is 269 g/mol. The first kappa shape index (κ1) is 14.0. The van der Waals surface area contributed by atoms with E-state index in [1.165, 1.54) is 0 Å². The second kappa shape index (κ2) is 6.12. The van der Waals surface area contributed by atoms with Gasteiger partial charge in [0.15, 0.2) is 11.9 Å². The lowest BCUT2D eigenvalue weighted by Crippen LogP contribution is -2.45. The molecular weight excluding hydrogens is 250 g/mol. The van der Waals surface area contributed by atoms with Crippen molar-refractivity contribution in [1.82, 2.24) is 15.0 Å². The third-order valence-corrected chi connectivity index (χ3v) is 2.88. The summed E-state index contributed by atoms with van der Waals surface area (Å²) in [5, 5.41) is 12.8. The van der Waals surface area contributed by atoms with E-state index in [2.05, 4.69) is 24.0 Å². The van der Waals surface area contributed by atoms with Crippen LogP contribution >= 0.6 is 0 Å². The smallest absolute Gasteiger partial charge is 0.334 e. The summed E-state index contributed by atoms with van der Waals surface area (Å²) < 4.78 is 10.3. The lowest BCUT2D eigenvalue weighted by atomic mass is 10.1. The van der Waals surface area contributed by atoms with E-state index < -0.39 is 12.1 Å². The summed E-state index contributed by atoms with van der Waals surface area (Å²) in [6, 6.07) is 0. The maximum Gasteiger partial charge on any atom is 0.334 e. The van der Waals surface area contributed by atoms with Gasteiger partial charge in [0.25, 0.3) is 0 Å². The van der Waals surface area contributed by atoms with E-state index in [-0.39, 0.29) is 0 Å². The molecular formula is C12H19N3O4. The van der Waals surface area contributed by atoms with Crippen molar-refractivity contribution in [3.8, 4) is 0 Å². The van der Waals surface area contributed by atoms with Crippen molar-refractivity contribution in [2.45, 2.75) is 32.9 Å². The van der Waals surface area contributed by atoms with Crippen molar-refractivity contribution in [2.75, 3.05) is 19.7 Å². The molecule has 7 nitrogen and oxygen atoms in total. The van der Waals surface area contributed by atoms with Crippen LogP contribution in [-0.4, -0.2) is 51.9 Å². The van der Waals surface area contributed by atoms with Crippen LogP contribution in [-0.2, 0) is 22.5 Å². The number of rotatable bonds is 5. The number of carboxylic acids is 1. The van der Waals surface area contributed by atoms with Crippen LogP contribution in [0.3, 0.4) is 0 Å². The molecule has 1 N–H and O–H groups in total. The molecule has 1 aromatic heterocycles. The van der Waals surface area contributed by atoms with Crippen LogP contribution in [0.2, 0.25) is 0 Å². The molecule has 1 aromatic rings. The Hall–Kier alpha value is -1.47. The van der Waals surface area contributed by atoms with Gasteiger partial charge < -0.3 is 14.4 Å². The molecule has 0 radical (unpaired) electrons. The lowest BCUT2D eigenvalue weighted by molar-refractivity contribution is -0.156. The van der Waals surface area contributed by atoms with Crippen LogP contribution in [0, 0.1) is 5.92 Å². The van der Waals surface area contributed by atoms with Crippen LogP contribution in [0.25, 0.3) is 0 Å². The summed E-state index contributed by atoms with van der Waals surface area (Å²) in [5.74, 6) is 0.765. The number of aromatic nitrogens is 2. The fraction of sp³-hybridized carbons (Fsp3) is 0.750. The first-order valence-electron chi connectivity index (χ1n) is 6.43. The van der Waals surface area contributed by atoms with Crippen molar-refractivity contribution in [3.05, 3.63) is 11.7 Å². The topological polar surface area (TPSA) is 88.7 Å². The zero-order chi connectivity index (χ0) is 13.8. The maximum atomic E-state index is 10.9. The molecule has 0 aliphatic carbocycles. The molecule has 106 valence electrons. The third kappa shape index (κ3) is 4.00. The maximum absolute atomic E-state index is 10.9. The fourth-order valence-corrected chi connectivity index (χ4v) is 1.98. The van der Waals surface area contributed by atoms with Gasteiger partial charge in [0.05, 0.1) is 13.2 Å². The van der Waals surface area contributed by atoms with Gasteiger partial charge in [-0.1, -0.05) is 19.0 Å². The van der Waals surface area contributed by atoms with Gasteiger partial charge in [-0.25, -0.2) is 4.79 Å². The number of carboxylic acid groups (broad SMARTS) is 1. The Bertz CT molecular complexity index is 432. The fourth-order valence-electron chi connectivity index (χ4n) is 1.98. The summed E-state index contributed by atoms with van der Waals surface area (Å²) in [7, 11) is 0. The van der Waals surface area contributed by atoms with Gasteiger partial charge in [0, 0.05) is 19.5 Å². The Morgan fingerprint density at radius 1 is 1.58 bits per heavy atom. The molecule has 0 bridgehead atoms. The van der Waals surface area contributed by atoms with Crippen molar-refractivity contribution in [2.24, 2.45) is 5.92 Å². The van der Waals surface area contributed by atoms with E-state index in [1.807, 2.05) is 4.90 Å². The highest BCUT2D eigenvalue weighted by Gasteiger charge is 2.27. The molecule has 7 heteroatoms. The summed E-state index contributed by atoms with van der Waals surface area (Å²) in [6.45, 7) is 6.11. The Morgan fingerprint density at radius 3 is 3.05 bits per heavy atom. The van der Waals surface area contributed by atoms with Crippen molar-refractivity contribution >= 4 is 5.97 Å². The van der Waals surface area contributed by atoms with Gasteiger partial charge in [0.2, 0.25) is 5.89 Å². The highest BCUT2D eigenvalue weighted by molar-refractivity contribution is 5.72. The molecule has 1 aliphatic rings. The minimum absolute atomic E-state index is 0.351. The quantitative estimate of drug-likeness (QED) is 0.835. The molecule has 1 unspecified atom stereocenters. The molecule has 0 spiro atoms. The van der Waals surface area contributed by atoms with Gasteiger partial charge in [0.1, 0.15) is 0 Å². The standard InChI is InChI=1S/C12H19N3O4/c1-8(2)5-11-13-10(14-19-11)7-15-3-4-18-9(6-15)12(16)17/h8-9H,3-7H2,1-2H3,(H,16,17). The van der Waals surface area contributed by atoms with Crippen molar-refractivity contribution in [3.63, 3.8) is 0 Å². The average molecular weight is 269 g/mol. The largest absolute Gasteiger partial charge is 0.479 e. The lowest BCUT2D eigenvalue weighted by Gasteiger charge is -2.29. The minimum atomic E-state index is -0.932. The molecule has 1 saturated heterocycles. The number of ether oxygens (including phenoxy) is 1. The first-order chi connectivity index (χ1) is 9.04. The van der Waals surface area contributed by atoms with E-state index in [0.717, 1.165) is 6.42 Å². The zero-order valence-electron chi connectivity index (χ0n) is 11.2. The summed E-state index contributed by atoms with van der Waals surface area (Å²) >= 11 is 0. The zero-order valence-corrected chi connectivity index (χ0v) is 11.2. The number of morpholine rings is 1. The Labute approximate surface area is 111 Å². The Balaban J connectivity index is 1.89. The number of carbonyl (C=O) groups is 1.